The predicted molar refractivity (Wildman–Crippen MR) is 58.5 cm³/mol. The Labute approximate surface area is 105 Å². The Morgan fingerprint density at radius 1 is 1.27 bits per heavy atom. The van der Waals surface area contributed by atoms with Crippen LogP contribution in [0.25, 0.3) is 0 Å². The molecule has 15 heavy (non-hydrogen) atoms. The van der Waals surface area contributed by atoms with E-state index < -0.39 is 5.97 Å². The van der Waals surface area contributed by atoms with E-state index in [1.807, 2.05) is 31.2 Å². The molecule has 1 N–H and O–H groups in total. The van der Waals surface area contributed by atoms with E-state index in [0.29, 0.717) is 0 Å². The molecule has 0 spiro atoms. The van der Waals surface area contributed by atoms with E-state index in [9.17, 15) is 4.79 Å². The second kappa shape index (κ2) is 8.74. The molecular weight excluding hydrogens is 306 g/mol. The van der Waals surface area contributed by atoms with Crippen LogP contribution in [0, 0.1) is 6.92 Å². The van der Waals surface area contributed by atoms with Gasteiger partial charge in [0.25, 0.3) is 5.97 Å². The van der Waals surface area contributed by atoms with Crippen molar-refractivity contribution in [2.45, 2.75) is 13.8 Å². The molecule has 3 nitrogen and oxygen atoms in total. The van der Waals surface area contributed by atoms with Crippen LogP contribution in [0.3, 0.4) is 0 Å². The second-order valence-corrected chi connectivity index (χ2v) is 3.22. The fourth-order valence-electron chi connectivity index (χ4n) is 0.849. The van der Waals surface area contributed by atoms with Crippen LogP contribution in [0.4, 0.5) is 0 Å². The molecule has 1 aromatic carbocycles. The third-order valence-corrected chi connectivity index (χ3v) is 1.72. The Hall–Kier alpha value is -0.548. The van der Waals surface area contributed by atoms with Crippen LogP contribution in [0.2, 0.25) is 0 Å². The summed E-state index contributed by atoms with van der Waals surface area (Å²) < 4.78 is 0. The van der Waals surface area contributed by atoms with Crippen molar-refractivity contribution in [2.24, 2.45) is 0 Å². The second-order valence-electron chi connectivity index (χ2n) is 2.70. The monoisotopic (exact) mass is 318 g/mol. The van der Waals surface area contributed by atoms with Gasteiger partial charge in [-0.3, -0.25) is 9.59 Å². The van der Waals surface area contributed by atoms with Gasteiger partial charge >= 0.3 is 0 Å². The summed E-state index contributed by atoms with van der Waals surface area (Å²) in [7, 11) is 2.17. The molecule has 1 atom stereocenters. The number of rotatable bonds is 1. The Morgan fingerprint density at radius 3 is 1.93 bits per heavy atom. The molecule has 1 unspecified atom stereocenters. The predicted octanol–water partition coefficient (Wildman–Crippen LogP) is 2.10. The first-order valence-corrected chi connectivity index (χ1v) is 4.58. The Balaban J connectivity index is 0. The van der Waals surface area contributed by atoms with E-state index >= 15 is 0 Å². The van der Waals surface area contributed by atoms with Crippen molar-refractivity contribution in [1.29, 1.82) is 0 Å². The van der Waals surface area contributed by atoms with Crippen LogP contribution in [0.15, 0.2) is 24.3 Å². The quantitative estimate of drug-likeness (QED) is 0.637. The van der Waals surface area contributed by atoms with Gasteiger partial charge in [0.05, 0.1) is 0 Å². The van der Waals surface area contributed by atoms with E-state index in [1.165, 1.54) is 0 Å². The van der Waals surface area contributed by atoms with Gasteiger partial charge in [0.2, 0.25) is 0 Å². The average molecular weight is 319 g/mol. The maximum absolute atomic E-state index is 10.8. The first-order valence-electron chi connectivity index (χ1n) is 4.00. The van der Waals surface area contributed by atoms with E-state index in [4.69, 9.17) is 9.90 Å². The minimum Gasteiger partial charge on any atom is -0.481 e. The van der Waals surface area contributed by atoms with Crippen molar-refractivity contribution in [3.63, 3.8) is 0 Å². The van der Waals surface area contributed by atoms with Crippen molar-refractivity contribution in [1.82, 2.24) is 0 Å². The van der Waals surface area contributed by atoms with Gasteiger partial charge in [-0.05, 0) is 12.5 Å². The smallest absolute Gasteiger partial charge is 0.300 e. The fraction of sp³-hybridized carbons (Fsp3) is 0.200. The van der Waals surface area contributed by atoms with Crippen molar-refractivity contribution >= 4 is 20.7 Å². The minimum absolute atomic E-state index is 0. The average Bonchev–Trinajstić information content (AvgIpc) is 2.03. The Bertz CT molecular complexity index is 335. The summed E-state index contributed by atoms with van der Waals surface area (Å²) in [5.41, 5.74) is 1.87. The number of carbonyl (C=O) groups is 2. The number of carboxylic acids is 1. The summed E-state index contributed by atoms with van der Waals surface area (Å²) in [6.07, 6.45) is 0. The third-order valence-electron chi connectivity index (χ3n) is 1.41. The molecule has 0 fully saturated rings. The molecule has 0 heterocycles. The molecule has 5 heteroatoms. The largest absolute Gasteiger partial charge is 0.481 e. The number of hydrogen-bond donors (Lipinski definition) is 1. The van der Waals surface area contributed by atoms with E-state index in [1.54, 1.807) is 0 Å². The summed E-state index contributed by atoms with van der Waals surface area (Å²) in [5, 5.41) is 7.42. The van der Waals surface area contributed by atoms with Gasteiger partial charge in [0.1, 0.15) is 0 Å². The van der Waals surface area contributed by atoms with Crippen LogP contribution < -0.4 is 0 Å². The molecule has 0 aromatic heterocycles. The zero-order chi connectivity index (χ0) is 11.1. The molecule has 0 bridgehead atoms. The zero-order valence-corrected chi connectivity index (χ0v) is 11.2. The van der Waals surface area contributed by atoms with Crippen molar-refractivity contribution < 1.29 is 35.1 Å². The number of benzene rings is 1. The molecule has 0 saturated heterocycles. The van der Waals surface area contributed by atoms with Crippen LogP contribution in [0.5, 0.6) is 0 Å². The molecule has 1 aromatic rings. The van der Waals surface area contributed by atoms with Crippen LogP contribution in [-0.4, -0.2) is 16.6 Å². The number of hydrogen-bond acceptors (Lipinski definition) is 2. The summed E-state index contributed by atoms with van der Waals surface area (Å²) in [5.74, 6) is -0.833. The molecule has 0 amide bonds. The minimum atomic E-state index is -0.833. The Kier molecular flexibility index (Phi) is 9.82. The number of carboxylic acid groups (broad SMARTS) is 1. The van der Waals surface area contributed by atoms with Crippen molar-refractivity contribution in [2.75, 3.05) is 0 Å². The van der Waals surface area contributed by atoms with Gasteiger partial charge in [0.15, 0.2) is 5.52 Å². The van der Waals surface area contributed by atoms with Gasteiger partial charge in [-0.25, -0.2) is 0 Å². The molecule has 0 aliphatic carbocycles. The van der Waals surface area contributed by atoms with Gasteiger partial charge < -0.3 is 5.11 Å². The summed E-state index contributed by atoms with van der Waals surface area (Å²) in [6, 6.07) is 7.54. The maximum atomic E-state index is 10.8. The molecule has 0 aliphatic rings. The molecule has 0 saturated carbocycles. The van der Waals surface area contributed by atoms with Crippen molar-refractivity contribution in [3.8, 4) is 0 Å². The molecule has 86 valence electrons. The van der Waals surface area contributed by atoms with Crippen LogP contribution in [0.1, 0.15) is 22.8 Å². The fourth-order valence-corrected chi connectivity index (χ4v) is 1.17. The number of aryl methyl sites for hydroxylation is 1. The van der Waals surface area contributed by atoms with Crippen LogP contribution >= 0.6 is 9.24 Å². The summed E-state index contributed by atoms with van der Waals surface area (Å²) >= 11 is 0. The first kappa shape index (κ1) is 16.9. The SMILES string of the molecule is CC(=O)O.Cc1ccccc1C(=O)P.[Pd]. The van der Waals surface area contributed by atoms with E-state index in [0.717, 1.165) is 18.1 Å². The standard InChI is InChI=1S/C8H9OP.C2H4O2.Pd/c1-6-4-2-3-5-7(6)8(9)10;1-2(3)4;/h2-5H,10H2,1H3;1H3,(H,3,4);. The number of aliphatic carboxylic acids is 1. The van der Waals surface area contributed by atoms with Crippen LogP contribution in [-0.2, 0) is 25.2 Å². The van der Waals surface area contributed by atoms with E-state index in [-0.39, 0.29) is 25.9 Å². The van der Waals surface area contributed by atoms with E-state index in [2.05, 4.69) is 9.24 Å². The third kappa shape index (κ3) is 8.45. The topological polar surface area (TPSA) is 54.4 Å². The number of carbonyl (C=O) groups excluding carboxylic acids is 1. The molecule has 0 radical (unpaired) electrons. The van der Waals surface area contributed by atoms with Gasteiger partial charge in [-0.2, -0.15) is 0 Å². The van der Waals surface area contributed by atoms with Gasteiger partial charge in [0, 0.05) is 32.9 Å². The molecule has 0 aliphatic heterocycles. The zero-order valence-electron chi connectivity index (χ0n) is 8.47. The van der Waals surface area contributed by atoms with Gasteiger partial charge in [-0.15, -0.1) is 0 Å². The molecule has 1 rings (SSSR count). The normalized spacial score (nSPS) is 7.93. The van der Waals surface area contributed by atoms with Crippen molar-refractivity contribution in [3.05, 3.63) is 35.4 Å². The molecular formula is C10H13O3PPd. The summed E-state index contributed by atoms with van der Waals surface area (Å²) in [4.78, 5) is 19.8. The van der Waals surface area contributed by atoms with Gasteiger partial charge in [-0.1, -0.05) is 33.5 Å². The Morgan fingerprint density at radius 2 is 1.67 bits per heavy atom. The first-order chi connectivity index (χ1) is 6.45. The summed E-state index contributed by atoms with van der Waals surface area (Å²) in [6.45, 7) is 3.01. The maximum Gasteiger partial charge on any atom is 0.300 e.